The fraction of sp³-hybridized carbons (Fsp3) is 0.471. The van der Waals surface area contributed by atoms with Crippen molar-refractivity contribution >= 4 is 18.3 Å². The number of aromatic nitrogens is 2. The van der Waals surface area contributed by atoms with E-state index in [1.807, 2.05) is 24.3 Å². The summed E-state index contributed by atoms with van der Waals surface area (Å²) in [7, 11) is 1.59. The van der Waals surface area contributed by atoms with Crippen LogP contribution in [0, 0.1) is 12.8 Å². The summed E-state index contributed by atoms with van der Waals surface area (Å²) in [5, 5.41) is 7.02. The van der Waals surface area contributed by atoms with E-state index in [1.54, 1.807) is 14.0 Å². The van der Waals surface area contributed by atoms with E-state index in [-0.39, 0.29) is 30.3 Å². The van der Waals surface area contributed by atoms with Crippen molar-refractivity contribution in [1.82, 2.24) is 15.5 Å². The van der Waals surface area contributed by atoms with Crippen molar-refractivity contribution < 1.29 is 14.1 Å². The Morgan fingerprint density at radius 2 is 2.16 bits per heavy atom. The molecule has 3 atom stereocenters. The van der Waals surface area contributed by atoms with Crippen LogP contribution >= 0.6 is 12.4 Å². The highest BCUT2D eigenvalue weighted by atomic mass is 35.5. The van der Waals surface area contributed by atoms with Gasteiger partial charge in [-0.15, -0.1) is 12.4 Å². The monoisotopic (exact) mass is 366 g/mol. The van der Waals surface area contributed by atoms with E-state index in [0.717, 1.165) is 18.4 Å². The average Bonchev–Trinajstić information content (AvgIpc) is 3.21. The highest BCUT2D eigenvalue weighted by Gasteiger charge is 2.32. The molecule has 1 saturated carbocycles. The molecule has 2 aromatic rings. The van der Waals surface area contributed by atoms with Crippen molar-refractivity contribution in [2.45, 2.75) is 38.3 Å². The number of rotatable bonds is 5. The number of nitrogens with two attached hydrogens (primary N) is 1. The average molecular weight is 367 g/mol. The van der Waals surface area contributed by atoms with E-state index >= 15 is 0 Å². The molecule has 1 aliphatic carbocycles. The SMILES string of the molecule is COc1ccccc1C(NC(=O)C1CCC(N)C1)c1noc(C)n1.Cl. The van der Waals surface area contributed by atoms with Gasteiger partial charge in [0.2, 0.25) is 11.8 Å². The van der Waals surface area contributed by atoms with Gasteiger partial charge in [-0.25, -0.2) is 0 Å². The predicted molar refractivity (Wildman–Crippen MR) is 94.6 cm³/mol. The molecule has 3 unspecified atom stereocenters. The Labute approximate surface area is 152 Å². The van der Waals surface area contributed by atoms with Gasteiger partial charge in [0.25, 0.3) is 0 Å². The Morgan fingerprint density at radius 3 is 2.76 bits per heavy atom. The molecule has 8 heteroatoms. The molecule has 1 heterocycles. The van der Waals surface area contributed by atoms with Gasteiger partial charge in [-0.05, 0) is 25.3 Å². The van der Waals surface area contributed by atoms with Gasteiger partial charge in [0.15, 0.2) is 5.82 Å². The maximum absolute atomic E-state index is 12.7. The van der Waals surface area contributed by atoms with Crippen LogP contribution in [0.1, 0.15) is 42.6 Å². The van der Waals surface area contributed by atoms with E-state index < -0.39 is 6.04 Å². The molecule has 0 spiro atoms. The lowest BCUT2D eigenvalue weighted by Gasteiger charge is -2.20. The van der Waals surface area contributed by atoms with E-state index in [2.05, 4.69) is 15.5 Å². The number of hydrogen-bond acceptors (Lipinski definition) is 6. The van der Waals surface area contributed by atoms with E-state index in [1.165, 1.54) is 0 Å². The van der Waals surface area contributed by atoms with Gasteiger partial charge in [-0.1, -0.05) is 23.4 Å². The first-order chi connectivity index (χ1) is 11.6. The van der Waals surface area contributed by atoms with Gasteiger partial charge in [0.05, 0.1) is 7.11 Å². The highest BCUT2D eigenvalue weighted by Crippen LogP contribution is 2.30. The van der Waals surface area contributed by atoms with Crippen molar-refractivity contribution in [3.63, 3.8) is 0 Å². The summed E-state index contributed by atoms with van der Waals surface area (Å²) in [5.41, 5.74) is 6.71. The van der Waals surface area contributed by atoms with Crippen LogP contribution in [0.2, 0.25) is 0 Å². The molecule has 136 valence electrons. The molecule has 1 aromatic carbocycles. The molecule has 25 heavy (non-hydrogen) atoms. The third-order valence-electron chi connectivity index (χ3n) is 4.38. The molecule has 0 bridgehead atoms. The molecule has 0 saturated heterocycles. The quantitative estimate of drug-likeness (QED) is 0.840. The second-order valence-electron chi connectivity index (χ2n) is 6.13. The van der Waals surface area contributed by atoms with Gasteiger partial charge in [-0.2, -0.15) is 4.98 Å². The molecule has 0 radical (unpaired) electrons. The zero-order valence-corrected chi connectivity index (χ0v) is 15.1. The Balaban J connectivity index is 0.00000225. The first-order valence-electron chi connectivity index (χ1n) is 8.07. The smallest absolute Gasteiger partial charge is 0.224 e. The summed E-state index contributed by atoms with van der Waals surface area (Å²) >= 11 is 0. The Morgan fingerprint density at radius 1 is 1.40 bits per heavy atom. The van der Waals surface area contributed by atoms with Crippen LogP contribution in [0.15, 0.2) is 28.8 Å². The minimum Gasteiger partial charge on any atom is -0.496 e. The zero-order chi connectivity index (χ0) is 17.1. The number of para-hydroxylation sites is 1. The summed E-state index contributed by atoms with van der Waals surface area (Å²) in [6, 6.07) is 7.05. The second-order valence-corrected chi connectivity index (χ2v) is 6.13. The molecule has 1 amide bonds. The number of benzene rings is 1. The van der Waals surface area contributed by atoms with Crippen molar-refractivity contribution in [3.05, 3.63) is 41.5 Å². The van der Waals surface area contributed by atoms with Gasteiger partial charge in [0.1, 0.15) is 11.8 Å². The second kappa shape index (κ2) is 8.31. The largest absolute Gasteiger partial charge is 0.496 e. The lowest BCUT2D eigenvalue weighted by molar-refractivity contribution is -0.125. The lowest BCUT2D eigenvalue weighted by Crippen LogP contribution is -2.35. The maximum Gasteiger partial charge on any atom is 0.224 e. The van der Waals surface area contributed by atoms with Crippen molar-refractivity contribution in [2.75, 3.05) is 7.11 Å². The van der Waals surface area contributed by atoms with Crippen LogP contribution in [-0.2, 0) is 4.79 Å². The molecule has 1 fully saturated rings. The fourth-order valence-corrected chi connectivity index (χ4v) is 3.13. The van der Waals surface area contributed by atoms with Gasteiger partial charge < -0.3 is 20.3 Å². The van der Waals surface area contributed by atoms with Crippen LogP contribution in [-0.4, -0.2) is 29.2 Å². The molecule has 7 nitrogen and oxygen atoms in total. The van der Waals surface area contributed by atoms with Gasteiger partial charge in [0, 0.05) is 24.4 Å². The van der Waals surface area contributed by atoms with E-state index in [9.17, 15) is 4.79 Å². The first-order valence-corrected chi connectivity index (χ1v) is 8.07. The van der Waals surface area contributed by atoms with Crippen molar-refractivity contribution in [3.8, 4) is 5.75 Å². The Bertz CT molecular complexity index is 721. The van der Waals surface area contributed by atoms with E-state index in [4.69, 9.17) is 15.0 Å². The lowest BCUT2D eigenvalue weighted by atomic mass is 10.0. The number of aryl methyl sites for hydroxylation is 1. The minimum atomic E-state index is -0.525. The Hall–Kier alpha value is -2.12. The number of halogens is 1. The topological polar surface area (TPSA) is 103 Å². The predicted octanol–water partition coefficient (Wildman–Crippen LogP) is 2.14. The number of nitrogens with zero attached hydrogens (tertiary/aromatic N) is 2. The number of hydrogen-bond donors (Lipinski definition) is 2. The number of methoxy groups -OCH3 is 1. The summed E-state index contributed by atoms with van der Waals surface area (Å²) in [5.74, 6) is 1.40. The number of carbonyl (C=O) groups excluding carboxylic acids is 1. The molecule has 0 aliphatic heterocycles. The molecule has 1 aromatic heterocycles. The summed E-state index contributed by atoms with van der Waals surface area (Å²) in [6.45, 7) is 1.72. The van der Waals surface area contributed by atoms with Crippen LogP contribution in [0.25, 0.3) is 0 Å². The molecule has 3 N–H and O–H groups in total. The van der Waals surface area contributed by atoms with Crippen molar-refractivity contribution in [1.29, 1.82) is 0 Å². The first kappa shape index (κ1) is 19.2. The van der Waals surface area contributed by atoms with Crippen molar-refractivity contribution in [2.24, 2.45) is 11.7 Å². The molecular weight excluding hydrogens is 344 g/mol. The van der Waals surface area contributed by atoms with E-state index in [0.29, 0.717) is 23.9 Å². The number of carbonyl (C=O) groups is 1. The summed E-state index contributed by atoms with van der Waals surface area (Å²) < 4.78 is 10.5. The standard InChI is InChI=1S/C17H22N4O3.ClH/c1-10-19-16(21-24-10)15(13-5-3-4-6-14(13)23-2)20-17(22)11-7-8-12(18)9-11;/h3-6,11-12,15H,7-9,18H2,1-2H3,(H,20,22);1H. The van der Waals surface area contributed by atoms with Gasteiger partial charge >= 0.3 is 0 Å². The number of amides is 1. The van der Waals surface area contributed by atoms with Crippen LogP contribution < -0.4 is 15.8 Å². The van der Waals surface area contributed by atoms with Crippen LogP contribution in [0.5, 0.6) is 5.75 Å². The summed E-state index contributed by atoms with van der Waals surface area (Å²) in [6.07, 6.45) is 2.38. The molecular formula is C17H23ClN4O3. The molecule has 3 rings (SSSR count). The fourth-order valence-electron chi connectivity index (χ4n) is 3.13. The Kier molecular flexibility index (Phi) is 6.39. The number of nitrogens with one attached hydrogen (secondary N) is 1. The zero-order valence-electron chi connectivity index (χ0n) is 14.3. The third-order valence-corrected chi connectivity index (χ3v) is 4.38. The van der Waals surface area contributed by atoms with Gasteiger partial charge in [-0.3, -0.25) is 4.79 Å². The third kappa shape index (κ3) is 4.29. The maximum atomic E-state index is 12.7. The highest BCUT2D eigenvalue weighted by molar-refractivity contribution is 5.85. The molecule has 1 aliphatic rings. The summed E-state index contributed by atoms with van der Waals surface area (Å²) in [4.78, 5) is 16.9. The number of ether oxygens (including phenoxy) is 1. The van der Waals surface area contributed by atoms with Crippen LogP contribution in [0.4, 0.5) is 0 Å². The van der Waals surface area contributed by atoms with Crippen LogP contribution in [0.3, 0.4) is 0 Å². The normalized spacial score (nSPS) is 20.6. The minimum absolute atomic E-state index is 0.